The standard InChI is InChI=1S/C11H17N3OS/c1-3-14(4-2)11(15)13-10-12-8-6-5-7-9(8)16-10/h3-7H2,1-2H3,(H,12,13,15). The van der Waals surface area contributed by atoms with Gasteiger partial charge in [0.2, 0.25) is 0 Å². The summed E-state index contributed by atoms with van der Waals surface area (Å²) < 4.78 is 0. The number of carbonyl (C=O) groups excluding carboxylic acids is 1. The molecular formula is C11H17N3OS. The lowest BCUT2D eigenvalue weighted by molar-refractivity contribution is 0.217. The van der Waals surface area contributed by atoms with Crippen molar-refractivity contribution in [2.24, 2.45) is 0 Å². The molecule has 1 N–H and O–H groups in total. The van der Waals surface area contributed by atoms with E-state index in [1.54, 1.807) is 16.2 Å². The first-order chi connectivity index (χ1) is 7.74. The van der Waals surface area contributed by atoms with Crippen molar-refractivity contribution in [3.63, 3.8) is 0 Å². The number of aromatic nitrogens is 1. The highest BCUT2D eigenvalue weighted by Gasteiger charge is 2.18. The third-order valence-electron chi connectivity index (χ3n) is 2.86. The van der Waals surface area contributed by atoms with E-state index in [9.17, 15) is 4.79 Å². The summed E-state index contributed by atoms with van der Waals surface area (Å²) in [4.78, 5) is 19.3. The lowest BCUT2D eigenvalue weighted by atomic mass is 10.4. The number of nitrogens with zero attached hydrogens (tertiary/aromatic N) is 2. The zero-order chi connectivity index (χ0) is 11.5. The first-order valence-electron chi connectivity index (χ1n) is 5.79. The van der Waals surface area contributed by atoms with Gasteiger partial charge in [-0.3, -0.25) is 5.32 Å². The number of amides is 2. The number of thiazole rings is 1. The number of carbonyl (C=O) groups is 1. The number of hydrogen-bond donors (Lipinski definition) is 1. The lowest BCUT2D eigenvalue weighted by Gasteiger charge is -2.17. The highest BCUT2D eigenvalue weighted by atomic mass is 32.1. The van der Waals surface area contributed by atoms with Crippen molar-refractivity contribution in [3.8, 4) is 0 Å². The summed E-state index contributed by atoms with van der Waals surface area (Å²) in [7, 11) is 0. The van der Waals surface area contributed by atoms with E-state index in [2.05, 4.69) is 10.3 Å². The predicted octanol–water partition coefficient (Wildman–Crippen LogP) is 2.51. The van der Waals surface area contributed by atoms with Crippen LogP contribution in [-0.2, 0) is 12.8 Å². The monoisotopic (exact) mass is 239 g/mol. The van der Waals surface area contributed by atoms with Gasteiger partial charge in [0.1, 0.15) is 0 Å². The van der Waals surface area contributed by atoms with Crippen molar-refractivity contribution in [1.29, 1.82) is 0 Å². The maximum Gasteiger partial charge on any atom is 0.323 e. The molecule has 1 heterocycles. The van der Waals surface area contributed by atoms with Crippen molar-refractivity contribution >= 4 is 22.5 Å². The van der Waals surface area contributed by atoms with Crippen LogP contribution in [0.4, 0.5) is 9.93 Å². The first-order valence-corrected chi connectivity index (χ1v) is 6.60. The molecule has 2 amide bonds. The van der Waals surface area contributed by atoms with Crippen LogP contribution in [0.15, 0.2) is 0 Å². The van der Waals surface area contributed by atoms with Crippen molar-refractivity contribution in [3.05, 3.63) is 10.6 Å². The molecule has 0 fully saturated rings. The van der Waals surface area contributed by atoms with Crippen LogP contribution in [-0.4, -0.2) is 29.0 Å². The molecule has 5 heteroatoms. The minimum atomic E-state index is -0.0441. The van der Waals surface area contributed by atoms with Crippen LogP contribution < -0.4 is 5.32 Å². The van der Waals surface area contributed by atoms with Gasteiger partial charge >= 0.3 is 6.03 Å². The van der Waals surface area contributed by atoms with Gasteiger partial charge in [-0.1, -0.05) is 0 Å². The largest absolute Gasteiger partial charge is 0.325 e. The minimum Gasteiger partial charge on any atom is -0.325 e. The van der Waals surface area contributed by atoms with Gasteiger partial charge in [0, 0.05) is 18.0 Å². The Labute approximate surface area is 99.7 Å². The van der Waals surface area contributed by atoms with E-state index in [1.807, 2.05) is 13.8 Å². The summed E-state index contributed by atoms with van der Waals surface area (Å²) in [5.74, 6) is 0. The summed E-state index contributed by atoms with van der Waals surface area (Å²) >= 11 is 1.62. The number of aryl methyl sites for hydroxylation is 2. The summed E-state index contributed by atoms with van der Waals surface area (Å²) in [5.41, 5.74) is 1.18. The lowest BCUT2D eigenvalue weighted by Crippen LogP contribution is -2.34. The molecule has 88 valence electrons. The third-order valence-corrected chi connectivity index (χ3v) is 3.93. The summed E-state index contributed by atoms with van der Waals surface area (Å²) in [6.45, 7) is 5.41. The van der Waals surface area contributed by atoms with Gasteiger partial charge in [0.25, 0.3) is 0 Å². The smallest absolute Gasteiger partial charge is 0.323 e. The molecular weight excluding hydrogens is 222 g/mol. The molecule has 1 aliphatic carbocycles. The van der Waals surface area contributed by atoms with Crippen molar-refractivity contribution in [2.75, 3.05) is 18.4 Å². The van der Waals surface area contributed by atoms with Crippen molar-refractivity contribution in [2.45, 2.75) is 33.1 Å². The highest BCUT2D eigenvalue weighted by molar-refractivity contribution is 7.15. The molecule has 0 spiro atoms. The van der Waals surface area contributed by atoms with Crippen LogP contribution in [0.3, 0.4) is 0 Å². The van der Waals surface area contributed by atoms with Crippen LogP contribution in [0.1, 0.15) is 30.8 Å². The molecule has 0 bridgehead atoms. The second-order valence-electron chi connectivity index (χ2n) is 3.84. The molecule has 0 aromatic carbocycles. The summed E-state index contributed by atoms with van der Waals surface area (Å²) in [6, 6.07) is -0.0441. The fraction of sp³-hybridized carbons (Fsp3) is 0.636. The summed E-state index contributed by atoms with van der Waals surface area (Å²) in [6.07, 6.45) is 3.39. The van der Waals surface area contributed by atoms with Crippen LogP contribution in [0.2, 0.25) is 0 Å². The van der Waals surface area contributed by atoms with Gasteiger partial charge in [0.15, 0.2) is 5.13 Å². The maximum atomic E-state index is 11.8. The summed E-state index contributed by atoms with van der Waals surface area (Å²) in [5, 5.41) is 3.62. The Bertz CT molecular complexity index is 363. The second kappa shape index (κ2) is 4.82. The normalized spacial score (nSPS) is 13.6. The van der Waals surface area contributed by atoms with E-state index < -0.39 is 0 Å². The SMILES string of the molecule is CCN(CC)C(=O)Nc1nc2c(s1)CCC2. The van der Waals surface area contributed by atoms with Gasteiger partial charge in [-0.25, -0.2) is 9.78 Å². The van der Waals surface area contributed by atoms with Gasteiger partial charge in [0.05, 0.1) is 5.69 Å². The third kappa shape index (κ3) is 2.19. The van der Waals surface area contributed by atoms with E-state index in [1.165, 1.54) is 17.0 Å². The van der Waals surface area contributed by atoms with Crippen molar-refractivity contribution < 1.29 is 4.79 Å². The Morgan fingerprint density at radius 2 is 2.19 bits per heavy atom. The first kappa shape index (κ1) is 11.4. The van der Waals surface area contributed by atoms with Gasteiger partial charge in [-0.05, 0) is 33.1 Å². The van der Waals surface area contributed by atoms with E-state index in [4.69, 9.17) is 0 Å². The van der Waals surface area contributed by atoms with Gasteiger partial charge in [-0.15, -0.1) is 11.3 Å². The maximum absolute atomic E-state index is 11.8. The molecule has 0 aliphatic heterocycles. The molecule has 0 radical (unpaired) electrons. The average Bonchev–Trinajstić information content (AvgIpc) is 2.79. The minimum absolute atomic E-state index is 0.0441. The molecule has 4 nitrogen and oxygen atoms in total. The molecule has 1 aromatic heterocycles. The van der Waals surface area contributed by atoms with Crippen LogP contribution in [0.25, 0.3) is 0 Å². The van der Waals surface area contributed by atoms with Gasteiger partial charge in [-0.2, -0.15) is 0 Å². The predicted molar refractivity (Wildman–Crippen MR) is 66.1 cm³/mol. The molecule has 2 rings (SSSR count). The molecule has 16 heavy (non-hydrogen) atoms. The van der Waals surface area contributed by atoms with E-state index in [-0.39, 0.29) is 6.03 Å². The van der Waals surface area contributed by atoms with Gasteiger partial charge < -0.3 is 4.90 Å². The zero-order valence-electron chi connectivity index (χ0n) is 9.75. The van der Waals surface area contributed by atoms with Crippen LogP contribution in [0.5, 0.6) is 0 Å². The fourth-order valence-corrected chi connectivity index (χ4v) is 2.96. The van der Waals surface area contributed by atoms with E-state index in [0.717, 1.165) is 31.1 Å². The van der Waals surface area contributed by atoms with E-state index >= 15 is 0 Å². The molecule has 1 aliphatic rings. The number of nitrogens with one attached hydrogen (secondary N) is 1. The topological polar surface area (TPSA) is 45.2 Å². The molecule has 0 unspecified atom stereocenters. The average molecular weight is 239 g/mol. The number of fused-ring (bicyclic) bond motifs is 1. The Morgan fingerprint density at radius 1 is 1.44 bits per heavy atom. The second-order valence-corrected chi connectivity index (χ2v) is 4.93. The van der Waals surface area contributed by atoms with Crippen LogP contribution >= 0.6 is 11.3 Å². The molecule has 0 saturated heterocycles. The number of rotatable bonds is 3. The van der Waals surface area contributed by atoms with E-state index in [0.29, 0.717) is 0 Å². The Morgan fingerprint density at radius 3 is 2.81 bits per heavy atom. The Balaban J connectivity index is 2.01. The quantitative estimate of drug-likeness (QED) is 0.881. The van der Waals surface area contributed by atoms with Crippen molar-refractivity contribution in [1.82, 2.24) is 9.88 Å². The zero-order valence-corrected chi connectivity index (χ0v) is 10.6. The number of anilines is 1. The Hall–Kier alpha value is -1.10. The Kier molecular flexibility index (Phi) is 3.43. The molecule has 0 atom stereocenters. The molecule has 1 aromatic rings. The fourth-order valence-electron chi connectivity index (χ4n) is 1.93. The molecule has 0 saturated carbocycles. The number of hydrogen-bond acceptors (Lipinski definition) is 3. The highest BCUT2D eigenvalue weighted by Crippen LogP contribution is 2.30. The van der Waals surface area contributed by atoms with Crippen LogP contribution in [0, 0.1) is 0 Å². The number of urea groups is 1.